The monoisotopic (exact) mass is 253 g/mol. The van der Waals surface area contributed by atoms with Crippen LogP contribution in [0.4, 0.5) is 11.5 Å². The van der Waals surface area contributed by atoms with Gasteiger partial charge in [-0.2, -0.15) is 5.10 Å². The van der Waals surface area contributed by atoms with Crippen molar-refractivity contribution in [2.45, 2.75) is 11.8 Å². The largest absolute Gasteiger partial charge is 0.383 e. The lowest BCUT2D eigenvalue weighted by Crippen LogP contribution is -2.14. The number of pyridine rings is 1. The van der Waals surface area contributed by atoms with Gasteiger partial charge >= 0.3 is 0 Å². The molecule has 2 heterocycles. The molecule has 0 aliphatic carbocycles. The summed E-state index contributed by atoms with van der Waals surface area (Å²) in [5.41, 5.74) is 6.46. The standard InChI is InChI=1S/C9H11N5O2S/c1-6-7(3-2-4-11-6)14-17(15,16)8-5-12-13-9(8)10/h2-5,14H,1H3,(H3,10,12,13). The summed E-state index contributed by atoms with van der Waals surface area (Å²) in [5.74, 6) is -0.000886. The number of aryl methyl sites for hydroxylation is 1. The molecule has 90 valence electrons. The summed E-state index contributed by atoms with van der Waals surface area (Å²) in [6, 6.07) is 3.26. The van der Waals surface area contributed by atoms with Gasteiger partial charge in [0.1, 0.15) is 10.7 Å². The molecular weight excluding hydrogens is 242 g/mol. The van der Waals surface area contributed by atoms with E-state index in [4.69, 9.17) is 5.73 Å². The molecule has 2 rings (SSSR count). The van der Waals surface area contributed by atoms with Gasteiger partial charge in [0.25, 0.3) is 10.0 Å². The van der Waals surface area contributed by atoms with Crippen LogP contribution in [0.25, 0.3) is 0 Å². The van der Waals surface area contributed by atoms with Gasteiger partial charge in [-0.15, -0.1) is 0 Å². The fraction of sp³-hybridized carbons (Fsp3) is 0.111. The van der Waals surface area contributed by atoms with Gasteiger partial charge < -0.3 is 5.73 Å². The molecule has 0 unspecified atom stereocenters. The smallest absolute Gasteiger partial charge is 0.267 e. The SMILES string of the molecule is Cc1ncccc1NS(=O)(=O)c1cn[nH]c1N. The molecule has 0 saturated carbocycles. The van der Waals surface area contributed by atoms with E-state index in [1.165, 1.54) is 0 Å². The van der Waals surface area contributed by atoms with Crippen molar-refractivity contribution in [3.05, 3.63) is 30.2 Å². The minimum atomic E-state index is -3.73. The van der Waals surface area contributed by atoms with Gasteiger partial charge in [0.05, 0.1) is 17.6 Å². The maximum atomic E-state index is 12.0. The third kappa shape index (κ3) is 2.21. The highest BCUT2D eigenvalue weighted by Gasteiger charge is 2.20. The highest BCUT2D eigenvalue weighted by Crippen LogP contribution is 2.20. The summed E-state index contributed by atoms with van der Waals surface area (Å²) in [7, 11) is -3.73. The van der Waals surface area contributed by atoms with E-state index in [2.05, 4.69) is 19.9 Å². The molecule has 4 N–H and O–H groups in total. The molecule has 0 atom stereocenters. The molecule has 0 aliphatic rings. The van der Waals surface area contributed by atoms with Crippen LogP contribution in [0.5, 0.6) is 0 Å². The number of aromatic amines is 1. The van der Waals surface area contributed by atoms with Crippen LogP contribution in [0.1, 0.15) is 5.69 Å². The maximum absolute atomic E-state index is 12.0. The number of anilines is 2. The van der Waals surface area contributed by atoms with Crippen LogP contribution in [0.2, 0.25) is 0 Å². The van der Waals surface area contributed by atoms with Crippen LogP contribution in [0, 0.1) is 6.92 Å². The molecule has 0 aliphatic heterocycles. The Hall–Kier alpha value is -2.09. The molecule has 2 aromatic rings. The van der Waals surface area contributed by atoms with Gasteiger partial charge in [-0.25, -0.2) is 8.42 Å². The number of nitrogens with one attached hydrogen (secondary N) is 2. The summed E-state index contributed by atoms with van der Waals surface area (Å²) in [4.78, 5) is 3.90. The molecule has 0 fully saturated rings. The second-order valence-corrected chi connectivity index (χ2v) is 5.04. The number of sulfonamides is 1. The van der Waals surface area contributed by atoms with E-state index in [0.717, 1.165) is 6.20 Å². The van der Waals surface area contributed by atoms with Crippen molar-refractivity contribution in [3.63, 3.8) is 0 Å². The van der Waals surface area contributed by atoms with E-state index in [1.54, 1.807) is 25.3 Å². The highest BCUT2D eigenvalue weighted by atomic mass is 32.2. The van der Waals surface area contributed by atoms with E-state index in [9.17, 15) is 8.42 Å². The summed E-state index contributed by atoms with van der Waals surface area (Å²) in [5, 5.41) is 5.94. The fourth-order valence-electron chi connectivity index (χ4n) is 1.29. The molecule has 0 radical (unpaired) electrons. The summed E-state index contributed by atoms with van der Waals surface area (Å²) in [6.07, 6.45) is 2.74. The minimum absolute atomic E-state index is 0.000886. The normalized spacial score (nSPS) is 11.4. The first kappa shape index (κ1) is 11.4. The van der Waals surface area contributed by atoms with Crippen molar-refractivity contribution in [3.8, 4) is 0 Å². The summed E-state index contributed by atoms with van der Waals surface area (Å²) in [6.45, 7) is 1.70. The van der Waals surface area contributed by atoms with Crippen LogP contribution in [-0.4, -0.2) is 23.6 Å². The molecule has 2 aromatic heterocycles. The van der Waals surface area contributed by atoms with E-state index in [0.29, 0.717) is 11.4 Å². The zero-order chi connectivity index (χ0) is 12.5. The van der Waals surface area contributed by atoms with Crippen molar-refractivity contribution in [2.75, 3.05) is 10.5 Å². The van der Waals surface area contributed by atoms with E-state index in [1.807, 2.05) is 0 Å². The summed E-state index contributed by atoms with van der Waals surface area (Å²) < 4.78 is 26.3. The Bertz CT molecular complexity index is 634. The van der Waals surface area contributed by atoms with Crippen molar-refractivity contribution in [1.29, 1.82) is 0 Å². The third-order valence-corrected chi connectivity index (χ3v) is 3.57. The van der Waals surface area contributed by atoms with E-state index < -0.39 is 10.0 Å². The number of nitrogens with two attached hydrogens (primary N) is 1. The molecule has 0 spiro atoms. The van der Waals surface area contributed by atoms with Crippen molar-refractivity contribution in [2.24, 2.45) is 0 Å². The van der Waals surface area contributed by atoms with E-state index >= 15 is 0 Å². The lowest BCUT2D eigenvalue weighted by Gasteiger charge is -2.08. The second-order valence-electron chi connectivity index (χ2n) is 3.39. The zero-order valence-corrected chi connectivity index (χ0v) is 9.82. The molecule has 0 bridgehead atoms. The van der Waals surface area contributed by atoms with Crippen molar-refractivity contribution >= 4 is 21.5 Å². The lowest BCUT2D eigenvalue weighted by atomic mass is 10.3. The van der Waals surface area contributed by atoms with Gasteiger partial charge in [-0.3, -0.25) is 14.8 Å². The Morgan fingerprint density at radius 3 is 2.82 bits per heavy atom. The average molecular weight is 253 g/mol. The molecule has 0 amide bonds. The van der Waals surface area contributed by atoms with Crippen molar-refractivity contribution in [1.82, 2.24) is 15.2 Å². The Kier molecular flexibility index (Phi) is 2.72. The third-order valence-electron chi connectivity index (χ3n) is 2.17. The average Bonchev–Trinajstić information content (AvgIpc) is 2.68. The molecule has 0 saturated heterocycles. The first-order chi connectivity index (χ1) is 8.00. The number of aromatic nitrogens is 3. The van der Waals surface area contributed by atoms with Crippen LogP contribution >= 0.6 is 0 Å². The summed E-state index contributed by atoms with van der Waals surface area (Å²) >= 11 is 0. The maximum Gasteiger partial charge on any atom is 0.267 e. The second kappa shape index (κ2) is 4.06. The Morgan fingerprint density at radius 1 is 1.47 bits per heavy atom. The number of hydrogen-bond donors (Lipinski definition) is 3. The van der Waals surface area contributed by atoms with Crippen LogP contribution in [-0.2, 0) is 10.0 Å². The molecule has 8 heteroatoms. The topological polar surface area (TPSA) is 114 Å². The number of hydrogen-bond acceptors (Lipinski definition) is 5. The molecule has 0 aromatic carbocycles. The Morgan fingerprint density at radius 2 is 2.24 bits per heavy atom. The van der Waals surface area contributed by atoms with Crippen molar-refractivity contribution < 1.29 is 8.42 Å². The predicted molar refractivity (Wildman–Crippen MR) is 62.8 cm³/mol. The predicted octanol–water partition coefficient (Wildman–Crippen LogP) is 0.496. The van der Waals surface area contributed by atoms with Gasteiger partial charge in [0, 0.05) is 6.20 Å². The first-order valence-electron chi connectivity index (χ1n) is 4.74. The fourth-order valence-corrected chi connectivity index (χ4v) is 2.43. The number of rotatable bonds is 3. The Balaban J connectivity index is 2.37. The molecule has 7 nitrogen and oxygen atoms in total. The van der Waals surface area contributed by atoms with Gasteiger partial charge in [-0.05, 0) is 19.1 Å². The lowest BCUT2D eigenvalue weighted by molar-refractivity contribution is 0.601. The van der Waals surface area contributed by atoms with Crippen LogP contribution in [0.3, 0.4) is 0 Å². The van der Waals surface area contributed by atoms with Crippen LogP contribution in [0.15, 0.2) is 29.4 Å². The van der Waals surface area contributed by atoms with Crippen LogP contribution < -0.4 is 10.5 Å². The quantitative estimate of drug-likeness (QED) is 0.736. The first-order valence-corrected chi connectivity index (χ1v) is 6.22. The molecular formula is C9H11N5O2S. The number of H-pyrrole nitrogens is 1. The minimum Gasteiger partial charge on any atom is -0.383 e. The molecule has 17 heavy (non-hydrogen) atoms. The van der Waals surface area contributed by atoms with E-state index in [-0.39, 0.29) is 10.7 Å². The number of nitrogens with zero attached hydrogens (tertiary/aromatic N) is 2. The number of nitrogen functional groups attached to an aromatic ring is 1. The van der Waals surface area contributed by atoms with Gasteiger partial charge in [0.2, 0.25) is 0 Å². The van der Waals surface area contributed by atoms with Gasteiger partial charge in [-0.1, -0.05) is 0 Å². The Labute approximate surface area is 98.1 Å². The van der Waals surface area contributed by atoms with Gasteiger partial charge in [0.15, 0.2) is 0 Å². The highest BCUT2D eigenvalue weighted by molar-refractivity contribution is 7.92. The zero-order valence-electron chi connectivity index (χ0n) is 9.01.